The molecule has 1 radical (unpaired) electrons. The summed E-state index contributed by atoms with van der Waals surface area (Å²) in [5.41, 5.74) is 0. The van der Waals surface area contributed by atoms with Gasteiger partial charge < -0.3 is 0 Å². The summed E-state index contributed by atoms with van der Waals surface area (Å²) in [5.74, 6) is 0.661. The van der Waals surface area contributed by atoms with Crippen LogP contribution in [-0.4, -0.2) is 21.1 Å². The second-order valence-electron chi connectivity index (χ2n) is 1.74. The average molecular weight is 192 g/mol. The van der Waals surface area contributed by atoms with E-state index in [4.69, 9.17) is 0 Å². The molecule has 2 heteroatoms. The van der Waals surface area contributed by atoms with Crippen LogP contribution in [0.2, 0.25) is 4.44 Å². The summed E-state index contributed by atoms with van der Waals surface area (Å²) in [6, 6.07) is 0. The monoisotopic (exact) mass is 193 g/mol. The van der Waals surface area contributed by atoms with Crippen LogP contribution in [0.25, 0.3) is 0 Å². The fourth-order valence-electron chi connectivity index (χ4n) is 0.167. The van der Waals surface area contributed by atoms with Crippen molar-refractivity contribution >= 4 is 21.1 Å². The predicted molar refractivity (Wildman–Crippen MR) is 26.1 cm³/mol. The molecule has 1 nitrogen and oxygen atoms in total. The Labute approximate surface area is 48.7 Å². The third kappa shape index (κ3) is 4.60. The standard InChI is InChI=1S/C4H9.O.Sn/c1-4(2)3;;/h4H,1H2,2-3H3;;. The van der Waals surface area contributed by atoms with Crippen molar-refractivity contribution in [3.8, 4) is 0 Å². The first-order valence-electron chi connectivity index (χ1n) is 2.12. The molecule has 6 heavy (non-hydrogen) atoms. The van der Waals surface area contributed by atoms with Crippen LogP contribution in [0.4, 0.5) is 0 Å². The molecule has 0 rings (SSSR count). The van der Waals surface area contributed by atoms with Gasteiger partial charge in [-0.1, -0.05) is 0 Å². The molecular weight excluding hydrogens is 183 g/mol. The molecule has 0 aliphatic heterocycles. The van der Waals surface area contributed by atoms with Crippen LogP contribution in [0.1, 0.15) is 13.8 Å². The normalized spacial score (nSPS) is 9.17. The molecule has 0 unspecified atom stereocenters. The molecule has 0 spiro atoms. The molecule has 0 bridgehead atoms. The topological polar surface area (TPSA) is 17.1 Å². The third-order valence-corrected chi connectivity index (χ3v) is 3.30. The van der Waals surface area contributed by atoms with E-state index in [1.54, 1.807) is 0 Å². The molecule has 0 amide bonds. The van der Waals surface area contributed by atoms with Gasteiger partial charge in [0.05, 0.1) is 0 Å². The first-order chi connectivity index (χ1) is 2.77. The zero-order valence-corrected chi connectivity index (χ0v) is 7.05. The van der Waals surface area contributed by atoms with Crippen molar-refractivity contribution in [1.29, 1.82) is 0 Å². The van der Waals surface area contributed by atoms with Crippen LogP contribution in [-0.2, 0) is 3.08 Å². The Morgan fingerprint density at radius 1 is 1.67 bits per heavy atom. The molecule has 0 saturated heterocycles. The van der Waals surface area contributed by atoms with Crippen molar-refractivity contribution in [2.75, 3.05) is 0 Å². The minimum absolute atomic E-state index is 0.661. The quantitative estimate of drug-likeness (QED) is 0.598. The Hall–Kier alpha value is 0.599. The van der Waals surface area contributed by atoms with E-state index < -0.39 is 21.1 Å². The van der Waals surface area contributed by atoms with Gasteiger partial charge in [-0.2, -0.15) is 0 Å². The maximum atomic E-state index is 9.91. The van der Waals surface area contributed by atoms with E-state index in [2.05, 4.69) is 13.8 Å². The molecule has 0 saturated carbocycles. The van der Waals surface area contributed by atoms with E-state index in [1.165, 1.54) is 0 Å². The summed E-state index contributed by atoms with van der Waals surface area (Å²) in [7, 11) is 0. The number of hydrogen-bond acceptors (Lipinski definition) is 1. The van der Waals surface area contributed by atoms with Gasteiger partial charge in [0.1, 0.15) is 0 Å². The zero-order chi connectivity index (χ0) is 4.99. The molecular formula is C4H9OSn. The Kier molecular flexibility index (Phi) is 4.15. The maximum absolute atomic E-state index is 9.91. The van der Waals surface area contributed by atoms with Crippen LogP contribution < -0.4 is 0 Å². The van der Waals surface area contributed by atoms with Crippen LogP contribution in [0.15, 0.2) is 0 Å². The molecule has 0 atom stereocenters. The zero-order valence-electron chi connectivity index (χ0n) is 4.19. The molecule has 0 N–H and O–H groups in total. The number of hydrogen-bond donors (Lipinski definition) is 0. The van der Waals surface area contributed by atoms with Crippen molar-refractivity contribution in [3.05, 3.63) is 0 Å². The van der Waals surface area contributed by atoms with Crippen molar-refractivity contribution in [3.63, 3.8) is 0 Å². The molecule has 0 heterocycles. The molecule has 35 valence electrons. The molecule has 0 aromatic carbocycles. The van der Waals surface area contributed by atoms with Gasteiger partial charge in [0.25, 0.3) is 0 Å². The van der Waals surface area contributed by atoms with Gasteiger partial charge in [-0.3, -0.25) is 0 Å². The summed E-state index contributed by atoms with van der Waals surface area (Å²) in [6.45, 7) is 4.19. The predicted octanol–water partition coefficient (Wildman–Crippen LogP) is 1.11. The summed E-state index contributed by atoms with van der Waals surface area (Å²) in [6.07, 6.45) is 0. The first-order valence-corrected chi connectivity index (χ1v) is 5.30. The second-order valence-corrected chi connectivity index (χ2v) is 3.73. The van der Waals surface area contributed by atoms with Crippen molar-refractivity contribution in [2.24, 2.45) is 5.92 Å². The Morgan fingerprint density at radius 3 is 2.17 bits per heavy atom. The Morgan fingerprint density at radius 2 is 2.17 bits per heavy atom. The SMILES string of the molecule is CC(C)[CH2][Sn]=[O]. The summed E-state index contributed by atoms with van der Waals surface area (Å²) in [5, 5.41) is 0. The molecule has 0 aliphatic rings. The van der Waals surface area contributed by atoms with Crippen LogP contribution in [0.3, 0.4) is 0 Å². The summed E-state index contributed by atoms with van der Waals surface area (Å²) >= 11 is -1.10. The molecule has 0 fully saturated rings. The van der Waals surface area contributed by atoms with E-state index in [0.717, 1.165) is 4.44 Å². The van der Waals surface area contributed by atoms with Crippen LogP contribution in [0.5, 0.6) is 0 Å². The van der Waals surface area contributed by atoms with Gasteiger partial charge in [-0.25, -0.2) is 0 Å². The first kappa shape index (κ1) is 6.60. The van der Waals surface area contributed by atoms with Gasteiger partial charge in [0.2, 0.25) is 0 Å². The molecule has 0 aliphatic carbocycles. The minimum atomic E-state index is -1.10. The van der Waals surface area contributed by atoms with E-state index in [0.29, 0.717) is 5.92 Å². The molecule has 0 aromatic heterocycles. The number of rotatable bonds is 2. The van der Waals surface area contributed by atoms with Crippen LogP contribution >= 0.6 is 0 Å². The summed E-state index contributed by atoms with van der Waals surface area (Å²) < 4.78 is 10.9. The van der Waals surface area contributed by atoms with Crippen molar-refractivity contribution in [1.82, 2.24) is 0 Å². The van der Waals surface area contributed by atoms with E-state index in [-0.39, 0.29) is 0 Å². The fourth-order valence-corrected chi connectivity index (χ4v) is 1.12. The second kappa shape index (κ2) is 3.78. The molecule has 0 aromatic rings. The summed E-state index contributed by atoms with van der Waals surface area (Å²) in [4.78, 5) is 0. The van der Waals surface area contributed by atoms with E-state index >= 15 is 0 Å². The van der Waals surface area contributed by atoms with Crippen molar-refractivity contribution in [2.45, 2.75) is 18.3 Å². The van der Waals surface area contributed by atoms with Crippen LogP contribution in [0, 0.1) is 5.92 Å². The van der Waals surface area contributed by atoms with Crippen molar-refractivity contribution < 1.29 is 3.08 Å². The van der Waals surface area contributed by atoms with Gasteiger partial charge in [0.15, 0.2) is 0 Å². The van der Waals surface area contributed by atoms with Gasteiger partial charge in [0, 0.05) is 0 Å². The van der Waals surface area contributed by atoms with E-state index in [9.17, 15) is 3.08 Å². The Balaban J connectivity index is 2.81. The third-order valence-electron chi connectivity index (χ3n) is 0.492. The average Bonchev–Trinajstić information content (AvgIpc) is 1.35. The van der Waals surface area contributed by atoms with Gasteiger partial charge in [-0.05, 0) is 0 Å². The van der Waals surface area contributed by atoms with E-state index in [1.807, 2.05) is 0 Å². The van der Waals surface area contributed by atoms with Gasteiger partial charge >= 0.3 is 48.4 Å². The fraction of sp³-hybridized carbons (Fsp3) is 1.00. The Bertz CT molecular complexity index is 42.8. The van der Waals surface area contributed by atoms with Gasteiger partial charge in [-0.15, -0.1) is 0 Å².